The fraction of sp³-hybridized carbons (Fsp3) is 0.148. The van der Waals surface area contributed by atoms with E-state index in [1.807, 2.05) is 74.5 Å². The van der Waals surface area contributed by atoms with Crippen LogP contribution in [0.25, 0.3) is 6.08 Å². The Balaban J connectivity index is 1.39. The number of amides is 1. The Morgan fingerprint density at radius 3 is 2.32 bits per heavy atom. The third kappa shape index (κ3) is 5.55. The lowest BCUT2D eigenvalue weighted by molar-refractivity contribution is -0.115. The molecule has 1 N–H and O–H groups in total. The SMILES string of the molecule is COC(=O)c1ccc(COc2ccc(/C=C3\SC(=Nc4c(C)cccc4C)NC3=O)cc2)cc1. The van der Waals surface area contributed by atoms with Gasteiger partial charge in [-0.05, 0) is 78.2 Å². The summed E-state index contributed by atoms with van der Waals surface area (Å²) in [4.78, 5) is 29.2. The van der Waals surface area contributed by atoms with Gasteiger partial charge >= 0.3 is 5.97 Å². The van der Waals surface area contributed by atoms with Gasteiger partial charge in [-0.3, -0.25) is 4.79 Å². The predicted molar refractivity (Wildman–Crippen MR) is 135 cm³/mol. The van der Waals surface area contributed by atoms with Crippen molar-refractivity contribution in [2.75, 3.05) is 7.11 Å². The minimum atomic E-state index is -0.366. The third-order valence-corrected chi connectivity index (χ3v) is 6.17. The molecule has 1 aliphatic rings. The van der Waals surface area contributed by atoms with Gasteiger partial charge in [0.15, 0.2) is 5.17 Å². The van der Waals surface area contributed by atoms with Crippen molar-refractivity contribution >= 4 is 40.6 Å². The van der Waals surface area contributed by atoms with E-state index in [9.17, 15) is 9.59 Å². The quantitative estimate of drug-likeness (QED) is 0.375. The zero-order valence-corrected chi connectivity index (χ0v) is 19.9. The zero-order valence-electron chi connectivity index (χ0n) is 19.1. The van der Waals surface area contributed by atoms with E-state index in [0.717, 1.165) is 27.9 Å². The zero-order chi connectivity index (χ0) is 24.1. The van der Waals surface area contributed by atoms with E-state index in [4.69, 9.17) is 9.47 Å². The van der Waals surface area contributed by atoms with Gasteiger partial charge < -0.3 is 14.8 Å². The normalized spacial score (nSPS) is 15.4. The van der Waals surface area contributed by atoms with E-state index in [1.165, 1.54) is 18.9 Å². The van der Waals surface area contributed by atoms with Crippen LogP contribution in [-0.4, -0.2) is 24.2 Å². The molecule has 0 aromatic heterocycles. The van der Waals surface area contributed by atoms with E-state index in [1.54, 1.807) is 12.1 Å². The van der Waals surface area contributed by atoms with Crippen molar-refractivity contribution < 1.29 is 19.1 Å². The Labute approximate surface area is 202 Å². The Kier molecular flexibility index (Phi) is 7.13. The van der Waals surface area contributed by atoms with Crippen LogP contribution in [0.2, 0.25) is 0 Å². The van der Waals surface area contributed by atoms with Gasteiger partial charge in [-0.15, -0.1) is 0 Å². The van der Waals surface area contributed by atoms with Crippen LogP contribution in [0.1, 0.15) is 32.6 Å². The Morgan fingerprint density at radius 1 is 1.00 bits per heavy atom. The molecule has 3 aromatic rings. The maximum Gasteiger partial charge on any atom is 0.337 e. The van der Waals surface area contributed by atoms with Gasteiger partial charge in [0, 0.05) is 0 Å². The number of thioether (sulfide) groups is 1. The van der Waals surface area contributed by atoms with Gasteiger partial charge in [-0.1, -0.05) is 42.5 Å². The van der Waals surface area contributed by atoms with Crippen molar-refractivity contribution in [2.24, 2.45) is 4.99 Å². The Morgan fingerprint density at radius 2 is 1.68 bits per heavy atom. The Bertz CT molecular complexity index is 1260. The van der Waals surface area contributed by atoms with Gasteiger partial charge in [0.25, 0.3) is 5.91 Å². The standard InChI is InChI=1S/C27H24N2O4S/c1-17-5-4-6-18(2)24(17)28-27-29-25(30)23(34-27)15-19-9-13-22(14-10-19)33-16-20-7-11-21(12-8-20)26(31)32-3/h4-15H,16H2,1-3H3,(H,28,29,30)/b23-15-. The average molecular weight is 473 g/mol. The number of esters is 1. The largest absolute Gasteiger partial charge is 0.489 e. The molecule has 1 amide bonds. The minimum Gasteiger partial charge on any atom is -0.489 e. The molecule has 7 heteroatoms. The van der Waals surface area contributed by atoms with Crippen molar-refractivity contribution in [3.8, 4) is 5.75 Å². The molecule has 1 aliphatic heterocycles. The molecule has 0 radical (unpaired) electrons. The molecule has 3 aromatic carbocycles. The van der Waals surface area contributed by atoms with E-state index >= 15 is 0 Å². The molecule has 34 heavy (non-hydrogen) atoms. The number of rotatable bonds is 6. The lowest BCUT2D eigenvalue weighted by atomic mass is 10.1. The number of para-hydroxylation sites is 1. The molecule has 172 valence electrons. The highest BCUT2D eigenvalue weighted by Gasteiger charge is 2.24. The lowest BCUT2D eigenvalue weighted by Gasteiger charge is -2.07. The number of aryl methyl sites for hydroxylation is 2. The van der Waals surface area contributed by atoms with Crippen molar-refractivity contribution in [1.82, 2.24) is 5.32 Å². The monoisotopic (exact) mass is 472 g/mol. The fourth-order valence-electron chi connectivity index (χ4n) is 3.40. The lowest BCUT2D eigenvalue weighted by Crippen LogP contribution is -2.19. The molecule has 0 atom stereocenters. The molecular weight excluding hydrogens is 448 g/mol. The van der Waals surface area contributed by atoms with E-state index in [-0.39, 0.29) is 11.9 Å². The van der Waals surface area contributed by atoms with Crippen LogP contribution < -0.4 is 10.1 Å². The summed E-state index contributed by atoms with van der Waals surface area (Å²) in [5.74, 6) is 0.181. The number of nitrogens with zero attached hydrogens (tertiary/aromatic N) is 1. The second-order valence-corrected chi connectivity index (χ2v) is 8.80. The van der Waals surface area contributed by atoms with Gasteiger partial charge in [0.2, 0.25) is 0 Å². The highest BCUT2D eigenvalue weighted by molar-refractivity contribution is 8.18. The number of aliphatic imine (C=N–C) groups is 1. The third-order valence-electron chi connectivity index (χ3n) is 5.26. The summed E-state index contributed by atoms with van der Waals surface area (Å²) in [7, 11) is 1.36. The molecule has 1 heterocycles. The van der Waals surface area contributed by atoms with Crippen molar-refractivity contribution in [1.29, 1.82) is 0 Å². The number of hydrogen-bond acceptors (Lipinski definition) is 6. The number of carbonyl (C=O) groups is 2. The maximum atomic E-state index is 12.4. The van der Waals surface area contributed by atoms with E-state index in [0.29, 0.717) is 28.0 Å². The van der Waals surface area contributed by atoms with Gasteiger partial charge in [0.05, 0.1) is 23.3 Å². The summed E-state index contributed by atoms with van der Waals surface area (Å²) >= 11 is 1.33. The summed E-state index contributed by atoms with van der Waals surface area (Å²) < 4.78 is 10.5. The van der Waals surface area contributed by atoms with Crippen molar-refractivity contribution in [2.45, 2.75) is 20.5 Å². The number of amidine groups is 1. The fourth-order valence-corrected chi connectivity index (χ4v) is 4.23. The van der Waals surface area contributed by atoms with Crippen LogP contribution in [0, 0.1) is 13.8 Å². The smallest absolute Gasteiger partial charge is 0.337 e. The molecular formula is C27H24N2O4S. The Hall–Kier alpha value is -3.84. The number of nitrogens with one attached hydrogen (secondary N) is 1. The number of methoxy groups -OCH3 is 1. The van der Waals surface area contributed by atoms with Gasteiger partial charge in [-0.2, -0.15) is 0 Å². The number of carbonyl (C=O) groups excluding carboxylic acids is 2. The van der Waals surface area contributed by atoms with Gasteiger partial charge in [0.1, 0.15) is 12.4 Å². The van der Waals surface area contributed by atoms with Crippen LogP contribution in [-0.2, 0) is 16.1 Å². The first-order valence-corrected chi connectivity index (χ1v) is 11.5. The summed E-state index contributed by atoms with van der Waals surface area (Å²) in [6, 6.07) is 20.6. The van der Waals surface area contributed by atoms with Crippen LogP contribution in [0.15, 0.2) is 76.6 Å². The maximum absolute atomic E-state index is 12.4. The average Bonchev–Trinajstić information content (AvgIpc) is 3.19. The van der Waals surface area contributed by atoms with Gasteiger partial charge in [-0.25, -0.2) is 9.79 Å². The molecule has 6 nitrogen and oxygen atoms in total. The number of hydrogen-bond donors (Lipinski definition) is 1. The second kappa shape index (κ2) is 10.4. The number of ether oxygens (including phenoxy) is 2. The van der Waals surface area contributed by atoms with Crippen molar-refractivity contribution in [3.05, 3.63) is 99.5 Å². The summed E-state index contributed by atoms with van der Waals surface area (Å²) in [6.45, 7) is 4.38. The predicted octanol–water partition coefficient (Wildman–Crippen LogP) is 5.56. The first-order chi connectivity index (χ1) is 16.4. The molecule has 0 saturated carbocycles. The molecule has 1 fully saturated rings. The molecule has 1 saturated heterocycles. The number of benzene rings is 3. The second-order valence-electron chi connectivity index (χ2n) is 7.77. The highest BCUT2D eigenvalue weighted by atomic mass is 32.2. The van der Waals surface area contributed by atoms with Crippen LogP contribution in [0.3, 0.4) is 0 Å². The van der Waals surface area contributed by atoms with E-state index < -0.39 is 0 Å². The molecule has 0 spiro atoms. The van der Waals surface area contributed by atoms with Crippen LogP contribution in [0.4, 0.5) is 5.69 Å². The summed E-state index contributed by atoms with van der Waals surface area (Å²) in [5, 5.41) is 3.42. The highest BCUT2D eigenvalue weighted by Crippen LogP contribution is 2.31. The van der Waals surface area contributed by atoms with Crippen LogP contribution in [0.5, 0.6) is 5.75 Å². The first-order valence-electron chi connectivity index (χ1n) is 10.7. The molecule has 0 unspecified atom stereocenters. The molecule has 0 aliphatic carbocycles. The van der Waals surface area contributed by atoms with Crippen molar-refractivity contribution in [3.63, 3.8) is 0 Å². The summed E-state index contributed by atoms with van der Waals surface area (Å²) in [5.41, 5.74) is 5.34. The summed E-state index contributed by atoms with van der Waals surface area (Å²) in [6.07, 6.45) is 1.84. The first kappa shape index (κ1) is 23.3. The molecule has 0 bridgehead atoms. The van der Waals surface area contributed by atoms with Crippen LogP contribution >= 0.6 is 11.8 Å². The molecule has 4 rings (SSSR count). The topological polar surface area (TPSA) is 77.0 Å². The van der Waals surface area contributed by atoms with E-state index in [2.05, 4.69) is 10.3 Å². The minimum absolute atomic E-state index is 0.161.